The van der Waals surface area contributed by atoms with Gasteiger partial charge in [-0.2, -0.15) is 0 Å². The summed E-state index contributed by atoms with van der Waals surface area (Å²) in [6.45, 7) is 2.63. The van der Waals surface area contributed by atoms with Crippen LogP contribution >= 0.6 is 0 Å². The molecule has 0 amide bonds. The highest BCUT2D eigenvalue weighted by atomic mass is 16.5. The third kappa shape index (κ3) is 2.68. The van der Waals surface area contributed by atoms with Crippen molar-refractivity contribution in [1.29, 1.82) is 0 Å². The number of anilines is 1. The smallest absolute Gasteiger partial charge is 0.295 e. The number of benzene rings is 1. The molecule has 5 heteroatoms. The maximum Gasteiger partial charge on any atom is 0.295 e. The summed E-state index contributed by atoms with van der Waals surface area (Å²) in [6, 6.07) is 8.12. The third-order valence-electron chi connectivity index (χ3n) is 2.56. The predicted octanol–water partition coefficient (Wildman–Crippen LogP) is 1.70. The molecular weight excluding hydrogens is 230 g/mol. The number of H-pyrrole nitrogens is 1. The molecule has 0 unspecified atom stereocenters. The first-order valence-corrected chi connectivity index (χ1v) is 5.62. The van der Waals surface area contributed by atoms with Gasteiger partial charge >= 0.3 is 0 Å². The molecule has 5 nitrogen and oxygen atoms in total. The average molecular weight is 245 g/mol. The molecule has 1 heterocycles. The molecule has 0 atom stereocenters. The Morgan fingerprint density at radius 3 is 3.00 bits per heavy atom. The standard InChI is InChI=1S/C13H15N3O2/c1-9-4-3-5-10(6-9)7-14-12-11(18-2)13(17)16-8-15-12/h3-6,8H,7H2,1-2H3,(H2,14,15,16,17). The number of rotatable bonds is 4. The lowest BCUT2D eigenvalue weighted by Gasteiger charge is -2.09. The van der Waals surface area contributed by atoms with E-state index in [0.29, 0.717) is 12.4 Å². The highest BCUT2D eigenvalue weighted by Crippen LogP contribution is 2.15. The Bertz CT molecular complexity index is 593. The lowest BCUT2D eigenvalue weighted by molar-refractivity contribution is 0.408. The van der Waals surface area contributed by atoms with Gasteiger partial charge in [0.05, 0.1) is 13.4 Å². The van der Waals surface area contributed by atoms with E-state index in [0.717, 1.165) is 5.56 Å². The Morgan fingerprint density at radius 2 is 2.28 bits per heavy atom. The van der Waals surface area contributed by atoms with E-state index >= 15 is 0 Å². The fourth-order valence-corrected chi connectivity index (χ4v) is 1.71. The molecule has 0 aliphatic rings. The van der Waals surface area contributed by atoms with Crippen LogP contribution in [0.5, 0.6) is 5.75 Å². The fourth-order valence-electron chi connectivity index (χ4n) is 1.71. The van der Waals surface area contributed by atoms with Crippen molar-refractivity contribution in [2.45, 2.75) is 13.5 Å². The van der Waals surface area contributed by atoms with Gasteiger partial charge in [-0.15, -0.1) is 0 Å². The van der Waals surface area contributed by atoms with E-state index in [1.165, 1.54) is 19.0 Å². The monoisotopic (exact) mass is 245 g/mol. The van der Waals surface area contributed by atoms with Crippen LogP contribution in [0.25, 0.3) is 0 Å². The molecule has 2 N–H and O–H groups in total. The maximum absolute atomic E-state index is 11.5. The predicted molar refractivity (Wildman–Crippen MR) is 69.9 cm³/mol. The van der Waals surface area contributed by atoms with E-state index in [4.69, 9.17) is 4.74 Å². The molecule has 0 spiro atoms. The average Bonchev–Trinajstić information content (AvgIpc) is 2.36. The number of hydrogen-bond acceptors (Lipinski definition) is 4. The Labute approximate surface area is 105 Å². The summed E-state index contributed by atoms with van der Waals surface area (Å²) in [7, 11) is 1.45. The summed E-state index contributed by atoms with van der Waals surface area (Å²) in [5, 5.41) is 3.09. The lowest BCUT2D eigenvalue weighted by Crippen LogP contribution is -2.14. The van der Waals surface area contributed by atoms with Crippen LogP contribution in [-0.2, 0) is 6.54 Å². The van der Waals surface area contributed by atoms with Crippen LogP contribution in [0.4, 0.5) is 5.82 Å². The summed E-state index contributed by atoms with van der Waals surface area (Å²) >= 11 is 0. The molecule has 0 saturated carbocycles. The number of ether oxygens (including phenoxy) is 1. The van der Waals surface area contributed by atoms with Crippen LogP contribution < -0.4 is 15.6 Å². The second-order valence-electron chi connectivity index (χ2n) is 3.96. The number of nitrogens with zero attached hydrogens (tertiary/aromatic N) is 1. The van der Waals surface area contributed by atoms with Crippen molar-refractivity contribution in [2.75, 3.05) is 12.4 Å². The van der Waals surface area contributed by atoms with Crippen molar-refractivity contribution in [2.24, 2.45) is 0 Å². The SMILES string of the molecule is COc1c(NCc2cccc(C)c2)nc[nH]c1=O. The van der Waals surface area contributed by atoms with Crippen molar-refractivity contribution < 1.29 is 4.74 Å². The van der Waals surface area contributed by atoms with Crippen LogP contribution in [0, 0.1) is 6.92 Å². The fraction of sp³-hybridized carbons (Fsp3) is 0.231. The zero-order chi connectivity index (χ0) is 13.0. The topological polar surface area (TPSA) is 67.0 Å². The van der Waals surface area contributed by atoms with Gasteiger partial charge in [0, 0.05) is 6.54 Å². The Hall–Kier alpha value is -2.30. The normalized spacial score (nSPS) is 10.1. The molecule has 94 valence electrons. The van der Waals surface area contributed by atoms with Gasteiger partial charge in [0.2, 0.25) is 5.75 Å². The number of hydrogen-bond donors (Lipinski definition) is 2. The molecule has 18 heavy (non-hydrogen) atoms. The Morgan fingerprint density at radius 1 is 1.44 bits per heavy atom. The van der Waals surface area contributed by atoms with E-state index in [1.54, 1.807) is 0 Å². The van der Waals surface area contributed by atoms with Gasteiger partial charge in [0.25, 0.3) is 5.56 Å². The van der Waals surface area contributed by atoms with Gasteiger partial charge in [0.15, 0.2) is 5.82 Å². The summed E-state index contributed by atoms with van der Waals surface area (Å²) < 4.78 is 5.02. The molecule has 0 saturated heterocycles. The molecular formula is C13H15N3O2. The lowest BCUT2D eigenvalue weighted by atomic mass is 10.1. The first-order valence-electron chi connectivity index (χ1n) is 5.62. The summed E-state index contributed by atoms with van der Waals surface area (Å²) in [5.41, 5.74) is 2.03. The second-order valence-corrected chi connectivity index (χ2v) is 3.96. The van der Waals surface area contributed by atoms with Crippen LogP contribution in [0.15, 0.2) is 35.4 Å². The summed E-state index contributed by atoms with van der Waals surface area (Å²) in [5.74, 6) is 0.646. The van der Waals surface area contributed by atoms with Crippen LogP contribution in [0.2, 0.25) is 0 Å². The minimum Gasteiger partial charge on any atom is -0.489 e. The van der Waals surface area contributed by atoms with E-state index in [2.05, 4.69) is 21.4 Å². The Balaban J connectivity index is 2.16. The highest BCUT2D eigenvalue weighted by Gasteiger charge is 2.07. The van der Waals surface area contributed by atoms with Gasteiger partial charge in [0.1, 0.15) is 0 Å². The van der Waals surface area contributed by atoms with E-state index in [-0.39, 0.29) is 11.3 Å². The van der Waals surface area contributed by atoms with Crippen molar-refractivity contribution in [1.82, 2.24) is 9.97 Å². The molecule has 0 aliphatic carbocycles. The summed E-state index contributed by atoms with van der Waals surface area (Å²) in [6.07, 6.45) is 1.35. The number of aryl methyl sites for hydroxylation is 1. The van der Waals surface area contributed by atoms with Crippen molar-refractivity contribution in [3.8, 4) is 5.75 Å². The molecule has 1 aromatic heterocycles. The van der Waals surface area contributed by atoms with E-state index in [9.17, 15) is 4.79 Å². The first kappa shape index (κ1) is 12.2. The zero-order valence-electron chi connectivity index (χ0n) is 10.4. The number of methoxy groups -OCH3 is 1. The van der Waals surface area contributed by atoms with Gasteiger partial charge in [-0.3, -0.25) is 4.79 Å². The first-order chi connectivity index (χ1) is 8.70. The number of aromatic amines is 1. The zero-order valence-corrected chi connectivity index (χ0v) is 10.4. The largest absolute Gasteiger partial charge is 0.489 e. The molecule has 2 rings (SSSR count). The molecule has 0 radical (unpaired) electrons. The third-order valence-corrected chi connectivity index (χ3v) is 2.56. The quantitative estimate of drug-likeness (QED) is 0.860. The molecule has 0 fully saturated rings. The minimum atomic E-state index is -0.292. The van der Waals surface area contributed by atoms with E-state index in [1.807, 2.05) is 25.1 Å². The van der Waals surface area contributed by atoms with Gasteiger partial charge in [-0.05, 0) is 12.5 Å². The van der Waals surface area contributed by atoms with Gasteiger partial charge < -0.3 is 15.0 Å². The van der Waals surface area contributed by atoms with Crippen molar-refractivity contribution >= 4 is 5.82 Å². The van der Waals surface area contributed by atoms with Gasteiger partial charge in [-0.25, -0.2) is 4.98 Å². The van der Waals surface area contributed by atoms with E-state index < -0.39 is 0 Å². The van der Waals surface area contributed by atoms with Gasteiger partial charge in [-0.1, -0.05) is 29.8 Å². The van der Waals surface area contributed by atoms with Crippen molar-refractivity contribution in [3.05, 3.63) is 52.1 Å². The van der Waals surface area contributed by atoms with Crippen LogP contribution in [-0.4, -0.2) is 17.1 Å². The molecule has 2 aromatic rings. The molecule has 0 aliphatic heterocycles. The van der Waals surface area contributed by atoms with Crippen LogP contribution in [0.3, 0.4) is 0 Å². The minimum absolute atomic E-state index is 0.199. The van der Waals surface area contributed by atoms with Crippen molar-refractivity contribution in [3.63, 3.8) is 0 Å². The molecule has 0 bridgehead atoms. The Kier molecular flexibility index (Phi) is 3.62. The second kappa shape index (κ2) is 5.35. The maximum atomic E-state index is 11.5. The highest BCUT2D eigenvalue weighted by molar-refractivity contribution is 5.48. The number of aromatic nitrogens is 2. The molecule has 1 aromatic carbocycles. The van der Waals surface area contributed by atoms with Crippen LogP contribution in [0.1, 0.15) is 11.1 Å². The summed E-state index contributed by atoms with van der Waals surface area (Å²) in [4.78, 5) is 18.0. The number of nitrogens with one attached hydrogen (secondary N) is 2.